The maximum Gasteiger partial charge on any atom is 0.311 e. The zero-order chi connectivity index (χ0) is 20.0. The number of hydrogen-bond acceptors (Lipinski definition) is 7. The van der Waals surface area contributed by atoms with Crippen molar-refractivity contribution in [3.05, 3.63) is 87.0 Å². The average molecular weight is 376 g/mol. The number of ketones is 2. The van der Waals surface area contributed by atoms with Gasteiger partial charge < -0.3 is 15.5 Å². The van der Waals surface area contributed by atoms with Gasteiger partial charge in [-0.2, -0.15) is 0 Å². The molecule has 0 amide bonds. The van der Waals surface area contributed by atoms with Crippen LogP contribution >= 0.6 is 0 Å². The van der Waals surface area contributed by atoms with E-state index in [1.165, 1.54) is 12.1 Å². The molecule has 0 heterocycles. The minimum absolute atomic E-state index is 0.0399. The molecule has 3 aromatic rings. The summed E-state index contributed by atoms with van der Waals surface area (Å²) < 4.78 is 0. The molecule has 0 spiro atoms. The number of anilines is 2. The third-order valence-electron chi connectivity index (χ3n) is 4.50. The normalized spacial score (nSPS) is 12.3. The zero-order valence-electron chi connectivity index (χ0n) is 14.2. The molecule has 138 valence electrons. The monoisotopic (exact) mass is 376 g/mol. The molecule has 0 atom stereocenters. The van der Waals surface area contributed by atoms with Crippen molar-refractivity contribution < 1.29 is 24.7 Å². The Labute approximate surface area is 157 Å². The molecule has 3 aromatic carbocycles. The molecule has 8 nitrogen and oxygen atoms in total. The van der Waals surface area contributed by atoms with Gasteiger partial charge in [0.1, 0.15) is 5.75 Å². The van der Waals surface area contributed by atoms with Crippen LogP contribution in [-0.4, -0.2) is 26.7 Å². The van der Waals surface area contributed by atoms with Crippen LogP contribution in [0, 0.1) is 10.1 Å². The number of aromatic hydroxyl groups is 2. The van der Waals surface area contributed by atoms with E-state index >= 15 is 0 Å². The van der Waals surface area contributed by atoms with E-state index in [-0.39, 0.29) is 28.1 Å². The summed E-state index contributed by atoms with van der Waals surface area (Å²) in [5, 5.41) is 34.5. The molecule has 0 radical (unpaired) electrons. The molecule has 28 heavy (non-hydrogen) atoms. The number of fused-ring (bicyclic) bond motifs is 2. The first-order valence-corrected chi connectivity index (χ1v) is 8.17. The first-order chi connectivity index (χ1) is 13.4. The topological polar surface area (TPSA) is 130 Å². The Balaban J connectivity index is 1.86. The minimum Gasteiger partial charge on any atom is -0.506 e. The summed E-state index contributed by atoms with van der Waals surface area (Å²) in [6, 6.07) is 13.4. The lowest BCUT2D eigenvalue weighted by Crippen LogP contribution is -2.21. The Bertz CT molecular complexity index is 1170. The van der Waals surface area contributed by atoms with Crippen LogP contribution in [0.5, 0.6) is 11.5 Å². The van der Waals surface area contributed by atoms with Gasteiger partial charge in [-0.25, -0.2) is 0 Å². The molecule has 4 rings (SSSR count). The highest BCUT2D eigenvalue weighted by atomic mass is 16.6. The van der Waals surface area contributed by atoms with Gasteiger partial charge in [0.05, 0.1) is 16.2 Å². The first-order valence-electron chi connectivity index (χ1n) is 8.17. The second-order valence-electron chi connectivity index (χ2n) is 6.18. The number of carbonyl (C=O) groups is 2. The van der Waals surface area contributed by atoms with E-state index in [1.807, 2.05) is 6.07 Å². The highest BCUT2D eigenvalue weighted by molar-refractivity contribution is 6.30. The van der Waals surface area contributed by atoms with Crippen molar-refractivity contribution in [1.82, 2.24) is 0 Å². The fraction of sp³-hybridized carbons (Fsp3) is 0. The summed E-state index contributed by atoms with van der Waals surface area (Å²) in [6.45, 7) is 0. The summed E-state index contributed by atoms with van der Waals surface area (Å²) in [4.78, 5) is 35.9. The number of carbonyl (C=O) groups excluding carboxylic acids is 2. The van der Waals surface area contributed by atoms with Gasteiger partial charge in [0.25, 0.3) is 0 Å². The molecule has 3 N–H and O–H groups in total. The maximum absolute atomic E-state index is 12.9. The second-order valence-corrected chi connectivity index (χ2v) is 6.18. The van der Waals surface area contributed by atoms with Gasteiger partial charge in [-0.1, -0.05) is 18.2 Å². The van der Waals surface area contributed by atoms with Crippen molar-refractivity contribution in [2.24, 2.45) is 0 Å². The summed E-state index contributed by atoms with van der Waals surface area (Å²) in [5.41, 5.74) is -0.506. The van der Waals surface area contributed by atoms with E-state index in [0.717, 1.165) is 12.1 Å². The summed E-state index contributed by atoms with van der Waals surface area (Å²) in [7, 11) is 0. The first kappa shape index (κ1) is 17.2. The molecule has 0 aromatic heterocycles. The lowest BCUT2D eigenvalue weighted by atomic mass is 9.83. The largest absolute Gasteiger partial charge is 0.506 e. The zero-order valence-corrected chi connectivity index (χ0v) is 14.2. The third-order valence-corrected chi connectivity index (χ3v) is 4.50. The second kappa shape index (κ2) is 6.20. The van der Waals surface area contributed by atoms with Crippen molar-refractivity contribution in [1.29, 1.82) is 0 Å². The number of nitrogens with zero attached hydrogens (tertiary/aromatic N) is 1. The Hall–Kier alpha value is -4.20. The van der Waals surface area contributed by atoms with Gasteiger partial charge in [0.2, 0.25) is 5.75 Å². The van der Waals surface area contributed by atoms with Gasteiger partial charge in [-0.05, 0) is 30.3 Å². The van der Waals surface area contributed by atoms with Crippen LogP contribution in [0.25, 0.3) is 0 Å². The van der Waals surface area contributed by atoms with E-state index in [1.54, 1.807) is 24.3 Å². The molecule has 0 aliphatic heterocycles. The quantitative estimate of drug-likeness (QED) is 0.283. The third kappa shape index (κ3) is 2.55. The highest BCUT2D eigenvalue weighted by Gasteiger charge is 2.36. The molecule has 0 unspecified atom stereocenters. The lowest BCUT2D eigenvalue weighted by Gasteiger charge is -2.20. The molecule has 0 saturated heterocycles. The number of nitro benzene ring substituents is 1. The van der Waals surface area contributed by atoms with Gasteiger partial charge in [0, 0.05) is 28.4 Å². The number of phenolic OH excluding ortho intramolecular Hbond substituents is 2. The van der Waals surface area contributed by atoms with E-state index in [0.29, 0.717) is 5.69 Å². The smallest absolute Gasteiger partial charge is 0.311 e. The van der Waals surface area contributed by atoms with Crippen molar-refractivity contribution in [2.75, 3.05) is 5.32 Å². The summed E-state index contributed by atoms with van der Waals surface area (Å²) in [5.74, 6) is -2.44. The lowest BCUT2D eigenvalue weighted by molar-refractivity contribution is -0.385. The van der Waals surface area contributed by atoms with E-state index in [2.05, 4.69) is 5.32 Å². The standard InChI is InChI=1S/C20H12N2O6/c23-16-9-13-12(8-14(16)21-10-4-2-1-3-5-10)19(25)17-11(18(13)24)6-7-15(20(17)26)22(27)28/h1-9,21,23,26H. The molecule has 8 heteroatoms. The summed E-state index contributed by atoms with van der Waals surface area (Å²) in [6.07, 6.45) is 0. The van der Waals surface area contributed by atoms with Crippen molar-refractivity contribution in [2.45, 2.75) is 0 Å². The van der Waals surface area contributed by atoms with Crippen LogP contribution in [0.15, 0.2) is 54.6 Å². The van der Waals surface area contributed by atoms with Crippen LogP contribution in [0.1, 0.15) is 31.8 Å². The van der Waals surface area contributed by atoms with Crippen LogP contribution in [0.3, 0.4) is 0 Å². The fourth-order valence-corrected chi connectivity index (χ4v) is 3.17. The Morgan fingerprint density at radius 1 is 0.857 bits per heavy atom. The SMILES string of the molecule is O=C1c2cc(O)c(Nc3ccccc3)cc2C(=O)c2c1ccc([N+](=O)[O-])c2O. The van der Waals surface area contributed by atoms with Crippen molar-refractivity contribution >= 4 is 28.6 Å². The van der Waals surface area contributed by atoms with Crippen molar-refractivity contribution in [3.8, 4) is 11.5 Å². The Morgan fingerprint density at radius 3 is 2.21 bits per heavy atom. The number of nitrogens with one attached hydrogen (secondary N) is 1. The van der Waals surface area contributed by atoms with Crippen molar-refractivity contribution in [3.63, 3.8) is 0 Å². The fourth-order valence-electron chi connectivity index (χ4n) is 3.17. The highest BCUT2D eigenvalue weighted by Crippen LogP contribution is 2.41. The van der Waals surface area contributed by atoms with E-state index < -0.39 is 33.5 Å². The Kier molecular flexibility index (Phi) is 3.82. The molecule has 1 aliphatic carbocycles. The Morgan fingerprint density at radius 2 is 1.54 bits per heavy atom. The molecule has 0 bridgehead atoms. The maximum atomic E-state index is 12.9. The van der Waals surface area contributed by atoms with Gasteiger partial charge in [-0.3, -0.25) is 19.7 Å². The molecular weight excluding hydrogens is 364 g/mol. The van der Waals surface area contributed by atoms with E-state index in [4.69, 9.17) is 0 Å². The number of nitro groups is 1. The predicted molar refractivity (Wildman–Crippen MR) is 99.5 cm³/mol. The van der Waals surface area contributed by atoms with Crippen LogP contribution in [0.4, 0.5) is 17.1 Å². The number of hydrogen-bond donors (Lipinski definition) is 3. The van der Waals surface area contributed by atoms with Crippen LogP contribution in [-0.2, 0) is 0 Å². The van der Waals surface area contributed by atoms with Gasteiger partial charge in [-0.15, -0.1) is 0 Å². The number of rotatable bonds is 3. The van der Waals surface area contributed by atoms with E-state index in [9.17, 15) is 29.9 Å². The molecule has 0 fully saturated rings. The molecule has 0 saturated carbocycles. The van der Waals surface area contributed by atoms with Gasteiger partial charge in [0.15, 0.2) is 11.6 Å². The number of benzene rings is 3. The number of para-hydroxylation sites is 1. The molecule has 1 aliphatic rings. The van der Waals surface area contributed by atoms with Gasteiger partial charge >= 0.3 is 5.69 Å². The average Bonchev–Trinajstić information content (AvgIpc) is 2.67. The van der Waals surface area contributed by atoms with Crippen LogP contribution < -0.4 is 5.32 Å². The minimum atomic E-state index is -0.850. The number of phenols is 2. The summed E-state index contributed by atoms with van der Waals surface area (Å²) >= 11 is 0. The predicted octanol–water partition coefficient (Wildman–Crippen LogP) is 3.53. The molecular formula is C20H12N2O6. The van der Waals surface area contributed by atoms with Crippen LogP contribution in [0.2, 0.25) is 0 Å².